The fourth-order valence-electron chi connectivity index (χ4n) is 3.54. The van der Waals surface area contributed by atoms with Gasteiger partial charge < -0.3 is 14.7 Å². The van der Waals surface area contributed by atoms with Crippen molar-refractivity contribution in [1.29, 1.82) is 0 Å². The van der Waals surface area contributed by atoms with Crippen molar-refractivity contribution >= 4 is 20.0 Å². The lowest BCUT2D eigenvalue weighted by atomic mass is 10.2. The van der Waals surface area contributed by atoms with Crippen molar-refractivity contribution < 1.29 is 19.4 Å². The lowest BCUT2D eigenvalue weighted by Crippen LogP contribution is -2.43. The van der Waals surface area contributed by atoms with Crippen LogP contribution < -0.4 is 0 Å². The summed E-state index contributed by atoms with van der Waals surface area (Å²) in [5, 5.41) is 10.8. The zero-order valence-corrected chi connectivity index (χ0v) is 18.0. The van der Waals surface area contributed by atoms with Gasteiger partial charge in [0, 0.05) is 13.1 Å². The van der Waals surface area contributed by atoms with Gasteiger partial charge in [-0.3, -0.25) is 9.59 Å². The Morgan fingerprint density at radius 1 is 1.11 bits per heavy atom. The summed E-state index contributed by atoms with van der Waals surface area (Å²) in [6.07, 6.45) is 1.61. The molecule has 0 aromatic heterocycles. The fraction of sp³-hybridized carbons (Fsp3) is 0.524. The topological polar surface area (TPSA) is 66.8 Å². The zero-order chi connectivity index (χ0) is 20.3. The van der Waals surface area contributed by atoms with Crippen molar-refractivity contribution in [2.24, 2.45) is 0 Å². The summed E-state index contributed by atoms with van der Waals surface area (Å²) in [6, 6.07) is 12.9. The smallest absolute Gasteiger partial charge is 0.315 e. The monoisotopic (exact) mass is 391 g/mol. The molecule has 0 aliphatic carbocycles. The average Bonchev–Trinajstić information content (AvgIpc) is 2.69. The second-order valence-electron chi connectivity index (χ2n) is 6.74. The minimum atomic E-state index is -1.75. The summed E-state index contributed by atoms with van der Waals surface area (Å²) in [7, 11) is -0.462. The molecule has 150 valence electrons. The van der Waals surface area contributed by atoms with Gasteiger partial charge in [-0.25, -0.2) is 0 Å². The molecule has 1 N–H and O–H groups in total. The number of hydrogen-bond donors (Lipinski definition) is 1. The van der Waals surface area contributed by atoms with Crippen LogP contribution in [0.2, 0.25) is 18.1 Å². The van der Waals surface area contributed by atoms with Crippen molar-refractivity contribution in [3.63, 3.8) is 0 Å². The number of aliphatic hydroxyl groups excluding tert-OH is 1. The van der Waals surface area contributed by atoms with Crippen molar-refractivity contribution in [2.45, 2.75) is 51.9 Å². The normalized spacial score (nSPS) is 12.0. The molecule has 0 heterocycles. The molecule has 5 nitrogen and oxygen atoms in total. The van der Waals surface area contributed by atoms with E-state index in [4.69, 9.17) is 0 Å². The quantitative estimate of drug-likeness (QED) is 0.356. The molecule has 1 aromatic rings. The first kappa shape index (κ1) is 23.1. The largest absolute Gasteiger partial charge is 0.469 e. The Bertz CT molecular complexity index is 618. The minimum Gasteiger partial charge on any atom is -0.469 e. The second-order valence-corrected chi connectivity index (χ2v) is 12.1. The fourth-order valence-corrected chi connectivity index (χ4v) is 7.45. The maximum atomic E-state index is 12.8. The van der Waals surface area contributed by atoms with Gasteiger partial charge in [0.25, 0.3) is 0 Å². The van der Waals surface area contributed by atoms with Crippen molar-refractivity contribution in [1.82, 2.24) is 4.90 Å². The van der Waals surface area contributed by atoms with E-state index in [1.54, 1.807) is 4.90 Å². The maximum Gasteiger partial charge on any atom is 0.315 e. The molecule has 0 spiro atoms. The maximum absolute atomic E-state index is 12.8. The Hall–Kier alpha value is -1.92. The van der Waals surface area contributed by atoms with Crippen LogP contribution in [0.1, 0.15) is 32.8 Å². The molecule has 0 aliphatic heterocycles. The Labute approximate surface area is 164 Å². The van der Waals surface area contributed by atoms with Gasteiger partial charge in [-0.15, -0.1) is 0 Å². The summed E-state index contributed by atoms with van der Waals surface area (Å²) in [4.78, 5) is 26.2. The number of methoxy groups -OCH3 is 1. The minimum absolute atomic E-state index is 0.0333. The predicted molar refractivity (Wildman–Crippen MR) is 111 cm³/mol. The van der Waals surface area contributed by atoms with Crippen LogP contribution in [0, 0.1) is 0 Å². The highest BCUT2D eigenvalue weighted by atomic mass is 28.3. The molecular weight excluding hydrogens is 358 g/mol. The van der Waals surface area contributed by atoms with Crippen molar-refractivity contribution in [2.75, 3.05) is 20.3 Å². The Kier molecular flexibility index (Phi) is 10.0. The molecule has 27 heavy (non-hydrogen) atoms. The van der Waals surface area contributed by atoms with E-state index in [1.807, 2.05) is 36.4 Å². The van der Waals surface area contributed by atoms with E-state index in [-0.39, 0.29) is 18.9 Å². The Morgan fingerprint density at radius 3 is 2.19 bits per heavy atom. The van der Waals surface area contributed by atoms with Gasteiger partial charge in [0.05, 0.1) is 21.8 Å². The zero-order valence-electron chi connectivity index (χ0n) is 17.0. The third kappa shape index (κ3) is 6.63. The van der Waals surface area contributed by atoms with Crippen LogP contribution in [0.5, 0.6) is 0 Å². The van der Waals surface area contributed by atoms with E-state index in [9.17, 15) is 14.7 Å². The molecule has 1 aromatic carbocycles. The highest BCUT2D eigenvalue weighted by Crippen LogP contribution is 2.29. The van der Waals surface area contributed by atoms with Crippen LogP contribution in [0.25, 0.3) is 0 Å². The third-order valence-electron chi connectivity index (χ3n) is 5.50. The van der Waals surface area contributed by atoms with E-state index in [2.05, 4.69) is 25.5 Å². The number of benzene rings is 1. The van der Waals surface area contributed by atoms with Crippen LogP contribution in [-0.2, 0) is 20.9 Å². The number of carbonyl (C=O) groups excluding carboxylic acids is 2. The van der Waals surface area contributed by atoms with Gasteiger partial charge in [0.15, 0.2) is 0 Å². The molecule has 0 atom stereocenters. The molecule has 1 amide bonds. The van der Waals surface area contributed by atoms with Crippen LogP contribution in [0.4, 0.5) is 0 Å². The number of esters is 1. The Morgan fingerprint density at radius 2 is 1.70 bits per heavy atom. The van der Waals surface area contributed by atoms with Gasteiger partial charge in [0.2, 0.25) is 5.91 Å². The molecule has 0 fully saturated rings. The van der Waals surface area contributed by atoms with E-state index in [1.165, 1.54) is 12.3 Å². The van der Waals surface area contributed by atoms with Crippen LogP contribution >= 0.6 is 0 Å². The number of ether oxygens (including phenoxy) is 1. The molecule has 0 saturated carbocycles. The number of nitrogens with zero attached hydrogens (tertiary/aromatic N) is 1. The first-order valence-corrected chi connectivity index (χ1v) is 12.3. The third-order valence-corrected chi connectivity index (χ3v) is 11.3. The molecule has 0 radical (unpaired) electrons. The van der Waals surface area contributed by atoms with E-state index >= 15 is 0 Å². The van der Waals surface area contributed by atoms with E-state index < -0.39 is 14.0 Å². The highest BCUT2D eigenvalue weighted by molar-refractivity contribution is 6.86. The lowest BCUT2D eigenvalue weighted by molar-refractivity contribution is -0.146. The van der Waals surface area contributed by atoms with Gasteiger partial charge in [-0.05, 0) is 5.56 Å². The number of hydrogen-bond acceptors (Lipinski definition) is 4. The number of rotatable bonds is 11. The van der Waals surface area contributed by atoms with Gasteiger partial charge in [0.1, 0.15) is 6.42 Å². The summed E-state index contributed by atoms with van der Waals surface area (Å²) in [5.41, 5.74) is 1.01. The predicted octanol–water partition coefficient (Wildman–Crippen LogP) is 3.54. The summed E-state index contributed by atoms with van der Waals surface area (Å²) in [5.74, 6) is -0.781. The molecule has 0 bridgehead atoms. The number of carbonyl (C=O) groups is 2. The average molecular weight is 392 g/mol. The van der Waals surface area contributed by atoms with Crippen molar-refractivity contribution in [3.8, 4) is 0 Å². The van der Waals surface area contributed by atoms with Gasteiger partial charge in [-0.2, -0.15) is 0 Å². The Balaban J connectivity index is 3.17. The summed E-state index contributed by atoms with van der Waals surface area (Å²) < 4.78 is 4.67. The first-order valence-electron chi connectivity index (χ1n) is 9.65. The number of amides is 1. The molecule has 1 rings (SSSR count). The summed E-state index contributed by atoms with van der Waals surface area (Å²) in [6.45, 7) is 7.44. The van der Waals surface area contributed by atoms with E-state index in [0.29, 0.717) is 13.1 Å². The SMILES string of the molecule is CC[Si](CC)(CC)/C(=C/CO)CN(Cc1ccccc1)C(=O)CC(=O)OC. The van der Waals surface area contributed by atoms with Crippen LogP contribution in [-0.4, -0.2) is 50.2 Å². The molecule has 6 heteroatoms. The van der Waals surface area contributed by atoms with Gasteiger partial charge >= 0.3 is 5.97 Å². The second kappa shape index (κ2) is 11.7. The molecule has 0 aliphatic rings. The number of aliphatic hydroxyl groups is 1. The lowest BCUT2D eigenvalue weighted by Gasteiger charge is -2.35. The van der Waals surface area contributed by atoms with Crippen LogP contribution in [0.15, 0.2) is 41.6 Å². The molecule has 0 unspecified atom stereocenters. The van der Waals surface area contributed by atoms with Crippen molar-refractivity contribution in [3.05, 3.63) is 47.2 Å². The highest BCUT2D eigenvalue weighted by Gasteiger charge is 2.33. The molecular formula is C21H33NO4Si. The first-order chi connectivity index (χ1) is 13.0. The summed E-state index contributed by atoms with van der Waals surface area (Å²) >= 11 is 0. The van der Waals surface area contributed by atoms with E-state index in [0.717, 1.165) is 23.7 Å². The standard InChI is InChI=1S/C21H33NO4Si/c1-5-27(6-2,7-3)19(13-14-23)17-22(20(24)15-21(25)26-4)16-18-11-9-8-10-12-18/h8-13,23H,5-7,14-17H2,1-4H3/b19-13+. The van der Waals surface area contributed by atoms with Gasteiger partial charge in [-0.1, -0.05) is 80.5 Å². The molecule has 0 saturated heterocycles. The van der Waals surface area contributed by atoms with Crippen LogP contribution in [0.3, 0.4) is 0 Å².